The van der Waals surface area contributed by atoms with Gasteiger partial charge < -0.3 is 0 Å². The monoisotopic (exact) mass is 204 g/mol. The Morgan fingerprint density at radius 2 is 2.00 bits per heavy atom. The highest BCUT2D eigenvalue weighted by Crippen LogP contribution is 1.96. The van der Waals surface area contributed by atoms with Crippen LogP contribution in [-0.2, 0) is 4.79 Å². The van der Waals surface area contributed by atoms with Gasteiger partial charge in [-0.1, -0.05) is 0 Å². The second-order valence-electron chi connectivity index (χ2n) is 1.81. The molecule has 0 spiro atoms. The van der Waals surface area contributed by atoms with E-state index in [0.29, 0.717) is 0 Å². The summed E-state index contributed by atoms with van der Waals surface area (Å²) in [4.78, 5) is 17.7. The molecule has 1 heterocycles. The van der Waals surface area contributed by atoms with E-state index in [1.165, 1.54) is 12.4 Å². The number of hydrogen-bond acceptors (Lipinski definition) is 3. The van der Waals surface area contributed by atoms with E-state index >= 15 is 0 Å². The van der Waals surface area contributed by atoms with Gasteiger partial charge in [0.05, 0.1) is 0 Å². The van der Waals surface area contributed by atoms with Crippen molar-refractivity contribution in [2.45, 2.75) is 0 Å². The second-order valence-corrected chi connectivity index (χ2v) is 2.18. The maximum atomic E-state index is 10.3. The minimum atomic E-state index is -0.506. The molecule has 0 amide bonds. The number of hydrogen-bond donors (Lipinski definition) is 0. The molecule has 0 N–H and O–H groups in total. The van der Waals surface area contributed by atoms with Crippen molar-refractivity contribution in [1.29, 1.82) is 0 Å². The van der Waals surface area contributed by atoms with Crippen LogP contribution < -0.4 is 0 Å². The van der Waals surface area contributed by atoms with Gasteiger partial charge in [-0.15, -0.1) is 12.4 Å². The van der Waals surface area contributed by atoms with Crippen molar-refractivity contribution in [2.75, 3.05) is 0 Å². The fourth-order valence-electron chi connectivity index (χ4n) is 0.558. The van der Waals surface area contributed by atoms with Crippen molar-refractivity contribution in [3.8, 4) is 0 Å². The molecule has 12 heavy (non-hydrogen) atoms. The van der Waals surface area contributed by atoms with E-state index in [1.54, 1.807) is 18.5 Å². The molecule has 0 fully saturated rings. The molecule has 1 aromatic heterocycles. The SMILES string of the molecule is Cl.O=C(Cl)/C=C/c1cncnc1. The van der Waals surface area contributed by atoms with Gasteiger partial charge in [0.15, 0.2) is 0 Å². The maximum Gasteiger partial charge on any atom is 0.245 e. The molecule has 3 nitrogen and oxygen atoms in total. The van der Waals surface area contributed by atoms with Gasteiger partial charge >= 0.3 is 0 Å². The van der Waals surface area contributed by atoms with Gasteiger partial charge in [0, 0.05) is 18.0 Å². The van der Waals surface area contributed by atoms with E-state index < -0.39 is 5.24 Å². The quantitative estimate of drug-likeness (QED) is 0.544. The molecule has 0 atom stereocenters. The van der Waals surface area contributed by atoms with Crippen LogP contribution in [0.5, 0.6) is 0 Å². The Morgan fingerprint density at radius 3 is 2.50 bits per heavy atom. The Labute approximate surface area is 80.9 Å². The van der Waals surface area contributed by atoms with Crippen LogP contribution in [0.3, 0.4) is 0 Å². The number of carbonyl (C=O) groups is 1. The molecule has 1 aromatic rings. The lowest BCUT2D eigenvalue weighted by atomic mass is 10.3. The minimum absolute atomic E-state index is 0. The Hall–Kier alpha value is -0.930. The normalized spacial score (nSPS) is 9.42. The highest BCUT2D eigenvalue weighted by Gasteiger charge is 1.87. The first-order valence-electron chi connectivity index (χ1n) is 2.91. The van der Waals surface area contributed by atoms with Crippen LogP contribution in [-0.4, -0.2) is 15.2 Å². The van der Waals surface area contributed by atoms with Crippen LogP contribution in [0.25, 0.3) is 6.08 Å². The van der Waals surface area contributed by atoms with Crippen LogP contribution in [0.1, 0.15) is 5.56 Å². The molecule has 0 aromatic carbocycles. The van der Waals surface area contributed by atoms with Crippen molar-refractivity contribution in [1.82, 2.24) is 9.97 Å². The summed E-state index contributed by atoms with van der Waals surface area (Å²) in [7, 11) is 0. The summed E-state index contributed by atoms with van der Waals surface area (Å²) in [5.41, 5.74) is 0.751. The van der Waals surface area contributed by atoms with Gasteiger partial charge in [0.2, 0.25) is 5.24 Å². The van der Waals surface area contributed by atoms with E-state index in [0.717, 1.165) is 5.56 Å². The summed E-state index contributed by atoms with van der Waals surface area (Å²) < 4.78 is 0. The van der Waals surface area contributed by atoms with E-state index in [9.17, 15) is 4.79 Å². The van der Waals surface area contributed by atoms with Gasteiger partial charge in [-0.25, -0.2) is 9.97 Å². The van der Waals surface area contributed by atoms with E-state index in [-0.39, 0.29) is 12.4 Å². The molecule has 0 aliphatic heterocycles. The molecule has 0 saturated carbocycles. The first-order valence-corrected chi connectivity index (χ1v) is 3.29. The fourth-order valence-corrected chi connectivity index (χ4v) is 0.621. The third-order valence-corrected chi connectivity index (χ3v) is 1.11. The standard InChI is InChI=1S/C7H5ClN2O.ClH/c8-7(11)2-1-6-3-9-5-10-4-6;/h1-5H;1H/b2-1+;. The Morgan fingerprint density at radius 1 is 1.42 bits per heavy atom. The second kappa shape index (κ2) is 5.69. The topological polar surface area (TPSA) is 42.9 Å². The van der Waals surface area contributed by atoms with Gasteiger partial charge in [-0.2, -0.15) is 0 Å². The summed E-state index contributed by atoms with van der Waals surface area (Å²) in [6.07, 6.45) is 7.39. The molecular formula is C7H6Cl2N2O. The Balaban J connectivity index is 0.00000121. The zero-order chi connectivity index (χ0) is 8.10. The van der Waals surface area contributed by atoms with Crippen molar-refractivity contribution < 1.29 is 4.79 Å². The number of nitrogens with zero attached hydrogens (tertiary/aromatic N) is 2. The molecule has 0 saturated heterocycles. The average molecular weight is 205 g/mol. The third-order valence-electron chi connectivity index (χ3n) is 0.987. The lowest BCUT2D eigenvalue weighted by Crippen LogP contribution is -1.80. The van der Waals surface area contributed by atoms with E-state index in [2.05, 4.69) is 9.97 Å². The fraction of sp³-hybridized carbons (Fsp3) is 0. The zero-order valence-electron chi connectivity index (χ0n) is 5.98. The molecule has 0 aliphatic carbocycles. The van der Waals surface area contributed by atoms with Gasteiger partial charge in [0.1, 0.15) is 6.33 Å². The molecule has 1 rings (SSSR count). The number of halogens is 2. The molecule has 0 aliphatic rings. The van der Waals surface area contributed by atoms with Crippen LogP contribution in [0.2, 0.25) is 0 Å². The minimum Gasteiger partial charge on any atom is -0.276 e. The molecule has 64 valence electrons. The van der Waals surface area contributed by atoms with Crippen molar-refractivity contribution in [3.63, 3.8) is 0 Å². The summed E-state index contributed by atoms with van der Waals surface area (Å²) in [6, 6.07) is 0. The molecule has 0 bridgehead atoms. The van der Waals surface area contributed by atoms with E-state index in [1.807, 2.05) is 0 Å². The van der Waals surface area contributed by atoms with Crippen molar-refractivity contribution in [2.24, 2.45) is 0 Å². The first kappa shape index (κ1) is 11.1. The third kappa shape index (κ3) is 4.05. The predicted molar refractivity (Wildman–Crippen MR) is 49.2 cm³/mol. The van der Waals surface area contributed by atoms with Gasteiger partial charge in [-0.05, 0) is 23.8 Å². The molecule has 0 radical (unpaired) electrons. The number of carbonyl (C=O) groups excluding carboxylic acids is 1. The van der Waals surface area contributed by atoms with Gasteiger partial charge in [-0.3, -0.25) is 4.79 Å². The molecular weight excluding hydrogens is 199 g/mol. The number of rotatable bonds is 2. The van der Waals surface area contributed by atoms with E-state index in [4.69, 9.17) is 11.6 Å². The number of allylic oxidation sites excluding steroid dienone is 1. The maximum absolute atomic E-state index is 10.3. The predicted octanol–water partition coefficient (Wildman–Crippen LogP) is 1.68. The highest BCUT2D eigenvalue weighted by atomic mass is 35.5. The Kier molecular flexibility index (Phi) is 5.25. The number of aromatic nitrogens is 2. The van der Waals surface area contributed by atoms with Crippen molar-refractivity contribution in [3.05, 3.63) is 30.4 Å². The molecule has 0 unspecified atom stereocenters. The first-order chi connectivity index (χ1) is 5.29. The van der Waals surface area contributed by atoms with Crippen LogP contribution >= 0.6 is 24.0 Å². The van der Waals surface area contributed by atoms with Crippen LogP contribution in [0.4, 0.5) is 0 Å². The summed E-state index contributed by atoms with van der Waals surface area (Å²) in [5, 5.41) is -0.506. The lowest BCUT2D eigenvalue weighted by molar-refractivity contribution is -0.107. The van der Waals surface area contributed by atoms with Crippen LogP contribution in [0, 0.1) is 0 Å². The highest BCUT2D eigenvalue weighted by molar-refractivity contribution is 6.66. The average Bonchev–Trinajstić information content (AvgIpc) is 2.03. The Bertz CT molecular complexity index is 274. The summed E-state index contributed by atoms with van der Waals surface area (Å²) in [5.74, 6) is 0. The smallest absolute Gasteiger partial charge is 0.245 e. The lowest BCUT2D eigenvalue weighted by Gasteiger charge is -1.86. The summed E-state index contributed by atoms with van der Waals surface area (Å²) >= 11 is 5.06. The summed E-state index contributed by atoms with van der Waals surface area (Å²) in [6.45, 7) is 0. The largest absolute Gasteiger partial charge is 0.276 e. The van der Waals surface area contributed by atoms with Crippen LogP contribution in [0.15, 0.2) is 24.8 Å². The van der Waals surface area contributed by atoms with Gasteiger partial charge in [0.25, 0.3) is 0 Å². The zero-order valence-corrected chi connectivity index (χ0v) is 7.55. The molecule has 5 heteroatoms. The van der Waals surface area contributed by atoms with Crippen molar-refractivity contribution >= 4 is 35.3 Å².